The van der Waals surface area contributed by atoms with Gasteiger partial charge in [0, 0.05) is 22.4 Å². The molecule has 2 saturated carbocycles. The molecule has 8 heteroatoms. The van der Waals surface area contributed by atoms with E-state index in [1.54, 1.807) is 34.1 Å². The maximum Gasteiger partial charge on any atom is 0.320 e. The van der Waals surface area contributed by atoms with Gasteiger partial charge in [0.15, 0.2) is 6.04 Å². The molecule has 0 aromatic heterocycles. The van der Waals surface area contributed by atoms with E-state index in [2.05, 4.69) is 10.6 Å². The number of carbonyl (C=O) groups excluding carboxylic acids is 3. The Kier molecular flexibility index (Phi) is 6.08. The van der Waals surface area contributed by atoms with Gasteiger partial charge >= 0.3 is 6.03 Å². The standard InChI is InChI=1S/C29H27ClN4O3/c30-20-7-6-8-21(17-20)31-29(37)32-26-27(35)33(22-9-2-1-3-10-22)23-11-4-5-12-24(23)34(28(26)36)25-16-18-13-14-19(25)15-18/h1-12,17-19,25-26H,13-16H2,(H2,31,32,37)/t18-,19+,25?,26?/m0/s1. The molecular weight excluding hydrogens is 488 g/mol. The highest BCUT2D eigenvalue weighted by atomic mass is 35.5. The number of hydrogen-bond donors (Lipinski definition) is 2. The van der Waals surface area contributed by atoms with Gasteiger partial charge in [-0.15, -0.1) is 0 Å². The monoisotopic (exact) mass is 514 g/mol. The highest BCUT2D eigenvalue weighted by molar-refractivity contribution is 6.31. The first kappa shape index (κ1) is 23.6. The quantitative estimate of drug-likeness (QED) is 0.436. The largest absolute Gasteiger partial charge is 0.320 e. The molecule has 3 aliphatic rings. The van der Waals surface area contributed by atoms with Crippen LogP contribution in [0.3, 0.4) is 0 Å². The van der Waals surface area contributed by atoms with Crippen LogP contribution in [0.5, 0.6) is 0 Å². The highest BCUT2D eigenvalue weighted by Gasteiger charge is 2.49. The topological polar surface area (TPSA) is 81.8 Å². The lowest BCUT2D eigenvalue weighted by Crippen LogP contribution is -2.58. The second-order valence-electron chi connectivity index (χ2n) is 9.99. The molecule has 7 nitrogen and oxygen atoms in total. The summed E-state index contributed by atoms with van der Waals surface area (Å²) < 4.78 is 0. The van der Waals surface area contributed by atoms with Gasteiger partial charge < -0.3 is 15.5 Å². The first-order valence-electron chi connectivity index (χ1n) is 12.6. The Morgan fingerprint density at radius 3 is 2.30 bits per heavy atom. The fourth-order valence-corrected chi connectivity index (χ4v) is 6.36. The van der Waals surface area contributed by atoms with Crippen molar-refractivity contribution in [2.24, 2.45) is 11.8 Å². The predicted octanol–water partition coefficient (Wildman–Crippen LogP) is 5.73. The van der Waals surface area contributed by atoms with E-state index in [4.69, 9.17) is 11.6 Å². The van der Waals surface area contributed by atoms with Crippen LogP contribution in [0, 0.1) is 11.8 Å². The Bertz CT molecular complexity index is 1360. The van der Waals surface area contributed by atoms with Crippen LogP contribution in [0.4, 0.5) is 27.5 Å². The number of amides is 4. The zero-order valence-electron chi connectivity index (χ0n) is 20.1. The number of nitrogens with one attached hydrogen (secondary N) is 2. The van der Waals surface area contributed by atoms with Gasteiger partial charge in [0.2, 0.25) is 0 Å². The number of hydrogen-bond acceptors (Lipinski definition) is 3. The molecule has 2 unspecified atom stereocenters. The fraction of sp³-hybridized carbons (Fsp3) is 0.276. The Morgan fingerprint density at radius 1 is 0.838 bits per heavy atom. The van der Waals surface area contributed by atoms with E-state index in [1.807, 2.05) is 54.6 Å². The average Bonchev–Trinajstić information content (AvgIpc) is 3.51. The molecule has 2 bridgehead atoms. The van der Waals surface area contributed by atoms with E-state index in [0.29, 0.717) is 39.6 Å². The molecule has 2 N–H and O–H groups in total. The molecule has 188 valence electrons. The Balaban J connectivity index is 1.41. The summed E-state index contributed by atoms with van der Waals surface area (Å²) in [5, 5.41) is 5.85. The van der Waals surface area contributed by atoms with Crippen LogP contribution >= 0.6 is 11.6 Å². The van der Waals surface area contributed by atoms with Gasteiger partial charge in [-0.05, 0) is 73.6 Å². The minimum Gasteiger partial charge on any atom is -0.318 e. The van der Waals surface area contributed by atoms with E-state index in [0.717, 1.165) is 19.3 Å². The smallest absolute Gasteiger partial charge is 0.318 e. The number of carbonyl (C=O) groups is 3. The molecular formula is C29H27ClN4O3. The van der Waals surface area contributed by atoms with E-state index < -0.39 is 23.9 Å². The zero-order chi connectivity index (χ0) is 25.5. The number of benzene rings is 3. The first-order valence-corrected chi connectivity index (χ1v) is 13.0. The summed E-state index contributed by atoms with van der Waals surface area (Å²) >= 11 is 6.06. The Labute approximate surface area is 220 Å². The maximum atomic E-state index is 14.2. The normalized spacial score (nSPS) is 24.6. The van der Waals surface area contributed by atoms with Gasteiger partial charge in [-0.3, -0.25) is 14.5 Å². The fourth-order valence-electron chi connectivity index (χ4n) is 6.17. The number of rotatable bonds is 4. The Hall–Kier alpha value is -3.84. The van der Waals surface area contributed by atoms with Gasteiger partial charge in [-0.1, -0.05) is 54.4 Å². The van der Waals surface area contributed by atoms with Crippen molar-refractivity contribution < 1.29 is 14.4 Å². The van der Waals surface area contributed by atoms with E-state index in [-0.39, 0.29) is 6.04 Å². The van der Waals surface area contributed by atoms with Crippen LogP contribution in [0.1, 0.15) is 25.7 Å². The lowest BCUT2D eigenvalue weighted by molar-refractivity contribution is -0.128. The maximum absolute atomic E-state index is 14.2. The molecule has 3 aromatic carbocycles. The lowest BCUT2D eigenvalue weighted by atomic mass is 9.93. The van der Waals surface area contributed by atoms with Crippen molar-refractivity contribution in [1.82, 2.24) is 5.32 Å². The molecule has 4 atom stereocenters. The molecule has 37 heavy (non-hydrogen) atoms. The summed E-state index contributed by atoms with van der Waals surface area (Å²) in [6.45, 7) is 0. The molecule has 1 heterocycles. The van der Waals surface area contributed by atoms with Crippen molar-refractivity contribution in [3.8, 4) is 0 Å². The van der Waals surface area contributed by atoms with Crippen molar-refractivity contribution >= 4 is 52.2 Å². The lowest BCUT2D eigenvalue weighted by Gasteiger charge is -2.35. The molecule has 4 amide bonds. The van der Waals surface area contributed by atoms with Gasteiger partial charge in [-0.2, -0.15) is 0 Å². The van der Waals surface area contributed by atoms with Crippen molar-refractivity contribution in [3.63, 3.8) is 0 Å². The number of anilines is 4. The van der Waals surface area contributed by atoms with Gasteiger partial charge in [-0.25, -0.2) is 4.79 Å². The summed E-state index contributed by atoms with van der Waals surface area (Å²) in [7, 11) is 0. The summed E-state index contributed by atoms with van der Waals surface area (Å²) in [5.41, 5.74) is 2.42. The van der Waals surface area contributed by atoms with Crippen LogP contribution in [-0.2, 0) is 9.59 Å². The third-order valence-electron chi connectivity index (χ3n) is 7.74. The molecule has 6 rings (SSSR count). The SMILES string of the molecule is O=C(Nc1cccc(Cl)c1)NC1C(=O)N(c2ccccc2)c2ccccc2N(C2C[C@H]3CC[C@@H]2C3)C1=O. The molecule has 2 aliphatic carbocycles. The zero-order valence-corrected chi connectivity index (χ0v) is 20.9. The predicted molar refractivity (Wildman–Crippen MR) is 144 cm³/mol. The summed E-state index contributed by atoms with van der Waals surface area (Å²) in [6, 6.07) is 21.4. The second-order valence-corrected chi connectivity index (χ2v) is 10.4. The van der Waals surface area contributed by atoms with Crippen molar-refractivity contribution in [2.75, 3.05) is 15.1 Å². The second kappa shape index (κ2) is 9.56. The molecule has 0 radical (unpaired) electrons. The highest BCUT2D eigenvalue weighted by Crippen LogP contribution is 2.50. The molecule has 0 saturated heterocycles. The number of fused-ring (bicyclic) bond motifs is 3. The summed E-state index contributed by atoms with van der Waals surface area (Å²) in [4.78, 5) is 44.7. The van der Waals surface area contributed by atoms with E-state index in [1.165, 1.54) is 6.42 Å². The molecule has 0 spiro atoms. The van der Waals surface area contributed by atoms with Crippen LogP contribution in [0.2, 0.25) is 5.02 Å². The van der Waals surface area contributed by atoms with Gasteiger partial charge in [0.1, 0.15) is 0 Å². The Morgan fingerprint density at radius 2 is 1.59 bits per heavy atom. The minimum absolute atomic E-state index is 0.00351. The van der Waals surface area contributed by atoms with Gasteiger partial charge in [0.05, 0.1) is 11.4 Å². The van der Waals surface area contributed by atoms with Crippen LogP contribution in [0.15, 0.2) is 78.9 Å². The number of para-hydroxylation sites is 3. The summed E-state index contributed by atoms with van der Waals surface area (Å²) in [6.07, 6.45) is 4.26. The van der Waals surface area contributed by atoms with Crippen molar-refractivity contribution in [3.05, 3.63) is 83.9 Å². The number of urea groups is 1. The number of halogens is 1. The van der Waals surface area contributed by atoms with Crippen LogP contribution in [-0.4, -0.2) is 29.9 Å². The van der Waals surface area contributed by atoms with Crippen molar-refractivity contribution in [2.45, 2.75) is 37.8 Å². The summed E-state index contributed by atoms with van der Waals surface area (Å²) in [5.74, 6) is 0.0724. The van der Waals surface area contributed by atoms with E-state index in [9.17, 15) is 14.4 Å². The number of nitrogens with zero attached hydrogens (tertiary/aromatic N) is 2. The van der Waals surface area contributed by atoms with Crippen molar-refractivity contribution in [1.29, 1.82) is 0 Å². The van der Waals surface area contributed by atoms with Gasteiger partial charge in [0.25, 0.3) is 11.8 Å². The third-order valence-corrected chi connectivity index (χ3v) is 7.97. The molecule has 3 aromatic rings. The third kappa shape index (κ3) is 4.33. The van der Waals surface area contributed by atoms with Crippen LogP contribution in [0.25, 0.3) is 0 Å². The first-order chi connectivity index (χ1) is 18.0. The average molecular weight is 515 g/mol. The molecule has 1 aliphatic heterocycles. The van der Waals surface area contributed by atoms with Crippen LogP contribution < -0.4 is 20.4 Å². The minimum atomic E-state index is -1.40. The molecule has 2 fully saturated rings. The van der Waals surface area contributed by atoms with E-state index >= 15 is 0 Å².